The van der Waals surface area contributed by atoms with Gasteiger partial charge in [-0.05, 0) is 50.9 Å². The Morgan fingerprint density at radius 3 is 2.37 bits per heavy atom. The van der Waals surface area contributed by atoms with E-state index in [4.69, 9.17) is 19.2 Å². The first-order valence-corrected chi connectivity index (χ1v) is 10.4. The molecule has 0 aromatic carbocycles. The summed E-state index contributed by atoms with van der Waals surface area (Å²) < 4.78 is 16.4. The Morgan fingerprint density at radius 2 is 1.81 bits per heavy atom. The van der Waals surface area contributed by atoms with Crippen molar-refractivity contribution in [2.24, 2.45) is 10.4 Å². The normalized spacial score (nSPS) is 20.1. The zero-order chi connectivity index (χ0) is 18.7. The van der Waals surface area contributed by atoms with Crippen molar-refractivity contribution in [2.75, 3.05) is 60.2 Å². The molecular weight excluding hydrogens is 457 g/mol. The first-order valence-electron chi connectivity index (χ1n) is 10.4. The van der Waals surface area contributed by atoms with E-state index >= 15 is 0 Å². The van der Waals surface area contributed by atoms with Gasteiger partial charge >= 0.3 is 0 Å². The van der Waals surface area contributed by atoms with Crippen LogP contribution in [0.1, 0.15) is 51.9 Å². The van der Waals surface area contributed by atoms with E-state index in [1.807, 2.05) is 0 Å². The van der Waals surface area contributed by atoms with Gasteiger partial charge in [0.15, 0.2) is 5.96 Å². The zero-order valence-electron chi connectivity index (χ0n) is 17.5. The molecule has 1 N–H and O–H groups in total. The van der Waals surface area contributed by atoms with Gasteiger partial charge in [0, 0.05) is 60.2 Å². The highest BCUT2D eigenvalue weighted by molar-refractivity contribution is 14.0. The molecule has 2 aliphatic rings. The molecule has 0 spiro atoms. The molecule has 0 amide bonds. The number of hydrogen-bond donors (Lipinski definition) is 1. The van der Waals surface area contributed by atoms with Gasteiger partial charge in [-0.25, -0.2) is 0 Å². The van der Waals surface area contributed by atoms with Gasteiger partial charge in [0.1, 0.15) is 0 Å². The fourth-order valence-corrected chi connectivity index (χ4v) is 3.84. The average molecular weight is 497 g/mol. The summed E-state index contributed by atoms with van der Waals surface area (Å²) in [5, 5.41) is 3.49. The smallest absolute Gasteiger partial charge is 0.193 e. The number of hydrogen-bond acceptors (Lipinski definition) is 4. The van der Waals surface area contributed by atoms with Crippen LogP contribution in [0, 0.1) is 5.41 Å². The van der Waals surface area contributed by atoms with E-state index in [1.165, 1.54) is 19.3 Å². The standard InChI is InChI=1S/C20H39N3O3.HI/c1-4-21-19(22-17-20(9-5-10-20)11-16-25-3)23-12-7-18(8-13-23)26-15-6-14-24-2;/h18H,4-17H2,1-3H3,(H,21,22);1H. The SMILES string of the molecule is CCNC(=NCC1(CCOC)CCC1)N1CCC(OCCCOC)CC1.I. The predicted octanol–water partition coefficient (Wildman–Crippen LogP) is 3.29. The lowest BCUT2D eigenvalue weighted by molar-refractivity contribution is 0.00977. The molecule has 1 saturated carbocycles. The van der Waals surface area contributed by atoms with Crippen LogP contribution in [0.5, 0.6) is 0 Å². The second-order valence-electron chi connectivity index (χ2n) is 7.67. The zero-order valence-corrected chi connectivity index (χ0v) is 19.8. The van der Waals surface area contributed by atoms with E-state index in [-0.39, 0.29) is 24.0 Å². The van der Waals surface area contributed by atoms with E-state index in [9.17, 15) is 0 Å². The Kier molecular flexibility index (Phi) is 12.9. The summed E-state index contributed by atoms with van der Waals surface area (Å²) in [6.45, 7) is 8.44. The number of likely N-dealkylation sites (tertiary alicyclic amines) is 1. The number of halogens is 1. The maximum Gasteiger partial charge on any atom is 0.193 e. The number of nitrogens with one attached hydrogen (secondary N) is 1. The Morgan fingerprint density at radius 1 is 1.11 bits per heavy atom. The number of aliphatic imine (C=N–C) groups is 1. The van der Waals surface area contributed by atoms with E-state index in [2.05, 4.69) is 17.1 Å². The first-order chi connectivity index (χ1) is 12.7. The third-order valence-corrected chi connectivity index (χ3v) is 5.74. The number of guanidine groups is 1. The molecule has 1 aliphatic carbocycles. The van der Waals surface area contributed by atoms with Crippen molar-refractivity contribution in [3.63, 3.8) is 0 Å². The van der Waals surface area contributed by atoms with Gasteiger partial charge in [0.25, 0.3) is 0 Å². The first kappa shape index (κ1) is 24.9. The molecule has 0 aromatic heterocycles. The van der Waals surface area contributed by atoms with Crippen molar-refractivity contribution in [3.8, 4) is 0 Å². The number of methoxy groups -OCH3 is 2. The van der Waals surface area contributed by atoms with Crippen molar-refractivity contribution < 1.29 is 14.2 Å². The molecule has 0 aromatic rings. The topological polar surface area (TPSA) is 55.3 Å². The van der Waals surface area contributed by atoms with Crippen LogP contribution < -0.4 is 5.32 Å². The lowest BCUT2D eigenvalue weighted by atomic mass is 9.67. The lowest BCUT2D eigenvalue weighted by Gasteiger charge is -2.41. The number of nitrogens with zero attached hydrogens (tertiary/aromatic N) is 2. The minimum Gasteiger partial charge on any atom is -0.385 e. The van der Waals surface area contributed by atoms with Gasteiger partial charge in [-0.1, -0.05) is 6.42 Å². The van der Waals surface area contributed by atoms with Gasteiger partial charge in [-0.15, -0.1) is 24.0 Å². The Hall–Kier alpha value is -0.120. The van der Waals surface area contributed by atoms with E-state index in [0.717, 1.165) is 77.6 Å². The second-order valence-corrected chi connectivity index (χ2v) is 7.67. The highest BCUT2D eigenvalue weighted by Crippen LogP contribution is 2.44. The molecule has 6 nitrogen and oxygen atoms in total. The maximum absolute atomic E-state index is 5.98. The highest BCUT2D eigenvalue weighted by atomic mass is 127. The Labute approximate surface area is 182 Å². The van der Waals surface area contributed by atoms with E-state index < -0.39 is 0 Å². The van der Waals surface area contributed by atoms with E-state index in [0.29, 0.717) is 11.5 Å². The molecular formula is C20H40IN3O3. The quantitative estimate of drug-likeness (QED) is 0.206. The maximum atomic E-state index is 5.98. The van der Waals surface area contributed by atoms with Gasteiger partial charge in [-0.2, -0.15) is 0 Å². The predicted molar refractivity (Wildman–Crippen MR) is 121 cm³/mol. The highest BCUT2D eigenvalue weighted by Gasteiger charge is 2.36. The third kappa shape index (κ3) is 8.41. The molecule has 2 fully saturated rings. The Balaban J connectivity index is 0.00000364. The van der Waals surface area contributed by atoms with Crippen molar-refractivity contribution in [1.82, 2.24) is 10.2 Å². The third-order valence-electron chi connectivity index (χ3n) is 5.74. The summed E-state index contributed by atoms with van der Waals surface area (Å²) in [5.41, 5.74) is 0.374. The van der Waals surface area contributed by atoms with Crippen LogP contribution in [0.25, 0.3) is 0 Å². The largest absolute Gasteiger partial charge is 0.385 e. The molecule has 27 heavy (non-hydrogen) atoms. The number of ether oxygens (including phenoxy) is 3. The monoisotopic (exact) mass is 497 g/mol. The number of piperidine rings is 1. The number of rotatable bonds is 11. The molecule has 0 atom stereocenters. The van der Waals surface area contributed by atoms with Crippen LogP contribution in [0.3, 0.4) is 0 Å². The summed E-state index contributed by atoms with van der Waals surface area (Å²) in [6, 6.07) is 0. The second kappa shape index (κ2) is 14.0. The molecule has 0 radical (unpaired) electrons. The molecule has 2 rings (SSSR count). The molecule has 0 unspecified atom stereocenters. The summed E-state index contributed by atoms with van der Waals surface area (Å²) in [7, 11) is 3.53. The van der Waals surface area contributed by atoms with Crippen molar-refractivity contribution in [2.45, 2.75) is 58.0 Å². The molecule has 0 bridgehead atoms. The van der Waals surface area contributed by atoms with Gasteiger partial charge in [-0.3, -0.25) is 4.99 Å². The Bertz CT molecular complexity index is 411. The molecule has 7 heteroatoms. The summed E-state index contributed by atoms with van der Waals surface area (Å²) in [5.74, 6) is 1.08. The fraction of sp³-hybridized carbons (Fsp3) is 0.950. The summed E-state index contributed by atoms with van der Waals surface area (Å²) in [4.78, 5) is 7.42. The van der Waals surface area contributed by atoms with Crippen LogP contribution in [-0.2, 0) is 14.2 Å². The van der Waals surface area contributed by atoms with E-state index in [1.54, 1.807) is 14.2 Å². The lowest BCUT2D eigenvalue weighted by Crippen LogP contribution is -2.47. The van der Waals surface area contributed by atoms with Crippen LogP contribution in [0.15, 0.2) is 4.99 Å². The average Bonchev–Trinajstić information content (AvgIpc) is 2.64. The molecule has 1 aliphatic heterocycles. The van der Waals surface area contributed by atoms with Crippen molar-refractivity contribution >= 4 is 29.9 Å². The van der Waals surface area contributed by atoms with Crippen molar-refractivity contribution in [1.29, 1.82) is 0 Å². The van der Waals surface area contributed by atoms with Gasteiger partial charge in [0.2, 0.25) is 0 Å². The minimum absolute atomic E-state index is 0. The molecule has 160 valence electrons. The summed E-state index contributed by atoms with van der Waals surface area (Å²) in [6.07, 6.45) is 8.55. The van der Waals surface area contributed by atoms with Gasteiger partial charge in [0.05, 0.1) is 6.10 Å². The molecule has 1 saturated heterocycles. The summed E-state index contributed by atoms with van der Waals surface area (Å²) >= 11 is 0. The molecule has 1 heterocycles. The van der Waals surface area contributed by atoms with Gasteiger partial charge < -0.3 is 24.4 Å². The minimum atomic E-state index is 0. The van der Waals surface area contributed by atoms with Crippen LogP contribution in [0.4, 0.5) is 0 Å². The van der Waals surface area contributed by atoms with Crippen molar-refractivity contribution in [3.05, 3.63) is 0 Å². The van der Waals surface area contributed by atoms with Crippen LogP contribution in [-0.4, -0.2) is 77.2 Å². The fourth-order valence-electron chi connectivity index (χ4n) is 3.84. The van der Waals surface area contributed by atoms with Crippen LogP contribution in [0.2, 0.25) is 0 Å². The van der Waals surface area contributed by atoms with Crippen LogP contribution >= 0.6 is 24.0 Å².